The van der Waals surface area contributed by atoms with Crippen molar-refractivity contribution in [1.29, 1.82) is 0 Å². The van der Waals surface area contributed by atoms with E-state index in [0.717, 1.165) is 4.47 Å². The first-order chi connectivity index (χ1) is 7.74. The largest absolute Gasteiger partial charge is 0.391 e. The summed E-state index contributed by atoms with van der Waals surface area (Å²) in [5.74, 6) is -0.311. The molecule has 0 aliphatic carbocycles. The van der Waals surface area contributed by atoms with Crippen molar-refractivity contribution in [2.24, 2.45) is 5.73 Å². The highest BCUT2D eigenvalue weighted by molar-refractivity contribution is 9.10. The van der Waals surface area contributed by atoms with Gasteiger partial charge in [-0.25, -0.2) is 0 Å². The summed E-state index contributed by atoms with van der Waals surface area (Å²) in [4.78, 5) is 12.2. The zero-order chi connectivity index (χ0) is 13.2. The Labute approximate surface area is 119 Å². The molecule has 3 nitrogen and oxygen atoms in total. The SMILES string of the molecule is CC(C)(NC(=O)c1cc(Br)ccc1Cl)C(N)=S. The Kier molecular flexibility index (Phi) is 4.52. The second-order valence-corrected chi connectivity index (χ2v) is 5.83. The molecule has 6 heteroatoms. The minimum Gasteiger partial charge on any atom is -0.391 e. The predicted octanol–water partition coefficient (Wildman–Crippen LogP) is 2.90. The molecular formula is C11H12BrClN2OS. The van der Waals surface area contributed by atoms with E-state index in [-0.39, 0.29) is 10.9 Å². The number of nitrogens with one attached hydrogen (secondary N) is 1. The third kappa shape index (κ3) is 3.66. The van der Waals surface area contributed by atoms with Crippen molar-refractivity contribution in [1.82, 2.24) is 5.32 Å². The van der Waals surface area contributed by atoms with Crippen LogP contribution in [0, 0.1) is 0 Å². The molecule has 1 aromatic rings. The number of hydrogen-bond acceptors (Lipinski definition) is 2. The van der Waals surface area contributed by atoms with Gasteiger partial charge in [0, 0.05) is 4.47 Å². The Balaban J connectivity index is 2.98. The molecule has 0 aliphatic heterocycles. The van der Waals surface area contributed by atoms with E-state index >= 15 is 0 Å². The lowest BCUT2D eigenvalue weighted by Crippen LogP contribution is -2.52. The van der Waals surface area contributed by atoms with E-state index in [1.807, 2.05) is 0 Å². The smallest absolute Gasteiger partial charge is 0.253 e. The highest BCUT2D eigenvalue weighted by atomic mass is 79.9. The van der Waals surface area contributed by atoms with Crippen molar-refractivity contribution in [3.05, 3.63) is 33.3 Å². The molecule has 3 N–H and O–H groups in total. The Bertz CT molecular complexity index is 477. The summed E-state index contributed by atoms with van der Waals surface area (Å²) in [5.41, 5.74) is 5.17. The van der Waals surface area contributed by atoms with E-state index in [4.69, 9.17) is 29.6 Å². The summed E-state index contributed by atoms with van der Waals surface area (Å²) >= 11 is 14.1. The fourth-order valence-electron chi connectivity index (χ4n) is 1.08. The number of nitrogens with two attached hydrogens (primary N) is 1. The first-order valence-electron chi connectivity index (χ1n) is 4.81. The lowest BCUT2D eigenvalue weighted by atomic mass is 10.0. The van der Waals surface area contributed by atoms with Gasteiger partial charge in [0.05, 0.1) is 21.1 Å². The first-order valence-corrected chi connectivity index (χ1v) is 6.39. The number of rotatable bonds is 3. The van der Waals surface area contributed by atoms with Crippen molar-refractivity contribution in [3.63, 3.8) is 0 Å². The van der Waals surface area contributed by atoms with Crippen LogP contribution >= 0.6 is 39.7 Å². The van der Waals surface area contributed by atoms with Crippen LogP contribution < -0.4 is 11.1 Å². The van der Waals surface area contributed by atoms with Crippen molar-refractivity contribution in [2.75, 3.05) is 0 Å². The van der Waals surface area contributed by atoms with Crippen LogP contribution in [0.2, 0.25) is 5.02 Å². The van der Waals surface area contributed by atoms with Gasteiger partial charge in [0.1, 0.15) is 0 Å². The van der Waals surface area contributed by atoms with Gasteiger partial charge in [0.15, 0.2) is 0 Å². The van der Waals surface area contributed by atoms with E-state index in [1.165, 1.54) is 0 Å². The number of benzene rings is 1. The predicted molar refractivity (Wildman–Crippen MR) is 77.5 cm³/mol. The fraction of sp³-hybridized carbons (Fsp3) is 0.273. The van der Waals surface area contributed by atoms with Gasteiger partial charge < -0.3 is 11.1 Å². The highest BCUT2D eigenvalue weighted by Crippen LogP contribution is 2.21. The van der Waals surface area contributed by atoms with Crippen LogP contribution in [0.25, 0.3) is 0 Å². The second kappa shape index (κ2) is 5.33. The van der Waals surface area contributed by atoms with E-state index in [0.29, 0.717) is 10.6 Å². The van der Waals surface area contributed by atoms with Gasteiger partial charge in [0.2, 0.25) is 0 Å². The third-order valence-corrected chi connectivity index (χ3v) is 3.55. The van der Waals surface area contributed by atoms with Crippen molar-refractivity contribution in [3.8, 4) is 0 Å². The van der Waals surface area contributed by atoms with Crippen LogP contribution in [-0.2, 0) is 0 Å². The average molecular weight is 336 g/mol. The van der Waals surface area contributed by atoms with Gasteiger partial charge in [-0.05, 0) is 32.0 Å². The average Bonchev–Trinajstić information content (AvgIpc) is 2.20. The van der Waals surface area contributed by atoms with Crippen LogP contribution in [0.3, 0.4) is 0 Å². The van der Waals surface area contributed by atoms with Gasteiger partial charge in [-0.15, -0.1) is 0 Å². The minimum absolute atomic E-state index is 0.219. The molecule has 0 unspecified atom stereocenters. The number of carbonyl (C=O) groups excluding carboxylic acids is 1. The van der Waals surface area contributed by atoms with Crippen LogP contribution in [0.4, 0.5) is 0 Å². The Morgan fingerprint density at radius 2 is 2.12 bits per heavy atom. The Hall–Kier alpha value is -0.650. The lowest BCUT2D eigenvalue weighted by molar-refractivity contribution is 0.0932. The van der Waals surface area contributed by atoms with Gasteiger partial charge in [-0.2, -0.15) is 0 Å². The summed E-state index contributed by atoms with van der Waals surface area (Å²) in [7, 11) is 0. The van der Waals surface area contributed by atoms with Crippen LogP contribution in [0.1, 0.15) is 24.2 Å². The second-order valence-electron chi connectivity index (χ2n) is 4.07. The van der Waals surface area contributed by atoms with Crippen molar-refractivity contribution >= 4 is 50.6 Å². The molecule has 0 radical (unpaired) electrons. The standard InChI is InChI=1S/C11H12BrClN2OS/c1-11(2,10(14)17)15-9(16)7-5-6(12)3-4-8(7)13/h3-5H,1-2H3,(H2,14,17)(H,15,16). The van der Waals surface area contributed by atoms with E-state index < -0.39 is 5.54 Å². The zero-order valence-electron chi connectivity index (χ0n) is 9.38. The molecule has 17 heavy (non-hydrogen) atoms. The summed E-state index contributed by atoms with van der Waals surface area (Å²) in [6.45, 7) is 3.47. The molecule has 0 atom stereocenters. The maximum Gasteiger partial charge on any atom is 0.253 e. The van der Waals surface area contributed by atoms with Gasteiger partial charge in [0.25, 0.3) is 5.91 Å². The Morgan fingerprint density at radius 1 is 1.53 bits per heavy atom. The molecule has 0 spiro atoms. The summed E-state index contributed by atoms with van der Waals surface area (Å²) in [6.07, 6.45) is 0. The summed E-state index contributed by atoms with van der Waals surface area (Å²) in [5, 5.41) is 3.11. The van der Waals surface area contributed by atoms with Crippen molar-refractivity contribution < 1.29 is 4.79 Å². The van der Waals surface area contributed by atoms with Gasteiger partial charge >= 0.3 is 0 Å². The van der Waals surface area contributed by atoms with Gasteiger partial charge in [-0.3, -0.25) is 4.79 Å². The molecule has 0 aliphatic rings. The number of amides is 1. The molecule has 0 saturated carbocycles. The highest BCUT2D eigenvalue weighted by Gasteiger charge is 2.25. The molecule has 0 bridgehead atoms. The summed E-state index contributed by atoms with van der Waals surface area (Å²) < 4.78 is 0.778. The molecule has 1 amide bonds. The molecule has 0 saturated heterocycles. The van der Waals surface area contributed by atoms with Crippen molar-refractivity contribution in [2.45, 2.75) is 19.4 Å². The maximum atomic E-state index is 12.0. The van der Waals surface area contributed by atoms with E-state index in [9.17, 15) is 4.79 Å². The Morgan fingerprint density at radius 3 is 2.65 bits per heavy atom. The lowest BCUT2D eigenvalue weighted by Gasteiger charge is -2.25. The molecule has 1 rings (SSSR count). The molecule has 0 fully saturated rings. The normalized spacial score (nSPS) is 11.1. The van der Waals surface area contributed by atoms with Crippen LogP contribution in [0.15, 0.2) is 22.7 Å². The quantitative estimate of drug-likeness (QED) is 0.835. The van der Waals surface area contributed by atoms with Gasteiger partial charge in [-0.1, -0.05) is 39.7 Å². The molecule has 0 aromatic heterocycles. The first kappa shape index (κ1) is 14.4. The number of carbonyl (C=O) groups is 1. The van der Waals surface area contributed by atoms with Crippen LogP contribution in [0.5, 0.6) is 0 Å². The molecule has 92 valence electrons. The molecule has 0 heterocycles. The molecular weight excluding hydrogens is 324 g/mol. The topological polar surface area (TPSA) is 55.1 Å². The molecule has 1 aromatic carbocycles. The zero-order valence-corrected chi connectivity index (χ0v) is 12.5. The van der Waals surface area contributed by atoms with Crippen LogP contribution in [-0.4, -0.2) is 16.4 Å². The monoisotopic (exact) mass is 334 g/mol. The number of hydrogen-bond donors (Lipinski definition) is 2. The van der Waals surface area contributed by atoms with E-state index in [2.05, 4.69) is 21.2 Å². The fourth-order valence-corrected chi connectivity index (χ4v) is 1.70. The third-order valence-electron chi connectivity index (χ3n) is 2.22. The number of halogens is 2. The number of thiocarbonyl (C=S) groups is 1. The minimum atomic E-state index is -0.752. The summed E-state index contributed by atoms with van der Waals surface area (Å²) in [6, 6.07) is 5.06. The van der Waals surface area contributed by atoms with E-state index in [1.54, 1.807) is 32.0 Å². The maximum absolute atomic E-state index is 12.0.